The van der Waals surface area contributed by atoms with Crippen LogP contribution in [0.1, 0.15) is 5.56 Å². The lowest BCUT2D eigenvalue weighted by Crippen LogP contribution is -2.21. The highest BCUT2D eigenvalue weighted by Gasteiger charge is 2.08. The number of ether oxygens (including phenoxy) is 1. The first-order chi connectivity index (χ1) is 9.95. The molecule has 6 heteroatoms. The summed E-state index contributed by atoms with van der Waals surface area (Å²) in [6.45, 7) is 1.61. The predicted octanol–water partition coefficient (Wildman–Crippen LogP) is 3.39. The fourth-order valence-electron chi connectivity index (χ4n) is 1.74. The van der Waals surface area contributed by atoms with Gasteiger partial charge in [0, 0.05) is 5.02 Å². The highest BCUT2D eigenvalue weighted by Crippen LogP contribution is 2.22. The molecule has 0 saturated heterocycles. The number of amides is 1. The third kappa shape index (κ3) is 4.10. The summed E-state index contributed by atoms with van der Waals surface area (Å²) in [6.07, 6.45) is 0. The second kappa shape index (κ2) is 6.45. The van der Waals surface area contributed by atoms with Crippen molar-refractivity contribution in [3.05, 3.63) is 52.8 Å². The molecule has 4 nitrogen and oxygen atoms in total. The SMILES string of the molecule is Cc1cc(Cl)ccc1OCC(=O)Nc1cc(F)ccc1N. The summed E-state index contributed by atoms with van der Waals surface area (Å²) >= 11 is 5.83. The first-order valence-electron chi connectivity index (χ1n) is 6.19. The molecule has 0 atom stereocenters. The van der Waals surface area contributed by atoms with Crippen LogP contribution >= 0.6 is 11.6 Å². The maximum absolute atomic E-state index is 13.1. The van der Waals surface area contributed by atoms with Crippen LogP contribution in [0, 0.1) is 12.7 Å². The van der Waals surface area contributed by atoms with Crippen molar-refractivity contribution in [3.63, 3.8) is 0 Å². The molecule has 21 heavy (non-hydrogen) atoms. The topological polar surface area (TPSA) is 64.3 Å². The largest absolute Gasteiger partial charge is 0.483 e. The Morgan fingerprint density at radius 2 is 2.10 bits per heavy atom. The number of carbonyl (C=O) groups excluding carboxylic acids is 1. The molecule has 0 fully saturated rings. The number of aryl methyl sites for hydroxylation is 1. The molecule has 0 heterocycles. The van der Waals surface area contributed by atoms with Crippen molar-refractivity contribution in [2.24, 2.45) is 0 Å². The molecular formula is C15H14ClFN2O2. The van der Waals surface area contributed by atoms with Gasteiger partial charge < -0.3 is 15.8 Å². The van der Waals surface area contributed by atoms with Crippen LogP contribution in [0.25, 0.3) is 0 Å². The van der Waals surface area contributed by atoms with Crippen LogP contribution in [0.4, 0.5) is 15.8 Å². The Hall–Kier alpha value is -2.27. The normalized spacial score (nSPS) is 10.2. The molecule has 0 radical (unpaired) electrons. The van der Waals surface area contributed by atoms with E-state index in [-0.39, 0.29) is 18.0 Å². The Morgan fingerprint density at radius 1 is 1.33 bits per heavy atom. The van der Waals surface area contributed by atoms with E-state index in [2.05, 4.69) is 5.32 Å². The number of rotatable bonds is 4. The van der Waals surface area contributed by atoms with Gasteiger partial charge in [-0.1, -0.05) is 11.6 Å². The minimum atomic E-state index is -0.478. The highest BCUT2D eigenvalue weighted by molar-refractivity contribution is 6.30. The lowest BCUT2D eigenvalue weighted by Gasteiger charge is -2.11. The number of benzene rings is 2. The van der Waals surface area contributed by atoms with Crippen molar-refractivity contribution in [2.75, 3.05) is 17.7 Å². The molecule has 110 valence electrons. The van der Waals surface area contributed by atoms with Crippen molar-refractivity contribution < 1.29 is 13.9 Å². The second-order valence-electron chi connectivity index (χ2n) is 4.48. The van der Waals surface area contributed by atoms with Gasteiger partial charge >= 0.3 is 0 Å². The van der Waals surface area contributed by atoms with Gasteiger partial charge in [0.15, 0.2) is 6.61 Å². The number of nitrogen functional groups attached to an aromatic ring is 1. The van der Waals surface area contributed by atoms with Crippen molar-refractivity contribution in [3.8, 4) is 5.75 Å². The van der Waals surface area contributed by atoms with Crippen molar-refractivity contribution in [2.45, 2.75) is 6.92 Å². The summed E-state index contributed by atoms with van der Waals surface area (Å²) < 4.78 is 18.5. The number of anilines is 2. The van der Waals surface area contributed by atoms with Gasteiger partial charge in [0.05, 0.1) is 11.4 Å². The first-order valence-corrected chi connectivity index (χ1v) is 6.57. The van der Waals surface area contributed by atoms with Crippen molar-refractivity contribution in [1.29, 1.82) is 0 Å². The van der Waals surface area contributed by atoms with E-state index in [9.17, 15) is 9.18 Å². The number of hydrogen-bond donors (Lipinski definition) is 2. The Balaban J connectivity index is 1.97. The molecule has 0 unspecified atom stereocenters. The van der Waals surface area contributed by atoms with E-state index < -0.39 is 11.7 Å². The maximum atomic E-state index is 13.1. The van der Waals surface area contributed by atoms with Crippen LogP contribution in [-0.4, -0.2) is 12.5 Å². The van der Waals surface area contributed by atoms with Gasteiger partial charge in [-0.25, -0.2) is 4.39 Å². The molecule has 0 bridgehead atoms. The molecule has 0 saturated carbocycles. The highest BCUT2D eigenvalue weighted by atomic mass is 35.5. The number of nitrogens with two attached hydrogens (primary N) is 1. The minimum absolute atomic E-state index is 0.210. The quantitative estimate of drug-likeness (QED) is 0.851. The average molecular weight is 309 g/mol. The molecule has 0 aliphatic carbocycles. The average Bonchev–Trinajstić information content (AvgIpc) is 2.42. The summed E-state index contributed by atoms with van der Waals surface area (Å²) in [7, 11) is 0. The molecule has 0 spiro atoms. The molecule has 0 aliphatic rings. The van der Waals surface area contributed by atoms with Crippen LogP contribution in [-0.2, 0) is 4.79 Å². The molecule has 0 aromatic heterocycles. The Kier molecular flexibility index (Phi) is 4.65. The van der Waals surface area contributed by atoms with Gasteiger partial charge in [0.25, 0.3) is 5.91 Å². The zero-order valence-electron chi connectivity index (χ0n) is 11.3. The first kappa shape index (κ1) is 15.1. The minimum Gasteiger partial charge on any atom is -0.483 e. The van der Waals surface area contributed by atoms with E-state index in [1.54, 1.807) is 18.2 Å². The van der Waals surface area contributed by atoms with Crippen LogP contribution in [0.2, 0.25) is 5.02 Å². The van der Waals surface area contributed by atoms with E-state index >= 15 is 0 Å². The van der Waals surface area contributed by atoms with E-state index in [1.165, 1.54) is 12.1 Å². The van der Waals surface area contributed by atoms with Crippen LogP contribution < -0.4 is 15.8 Å². The van der Waals surface area contributed by atoms with Gasteiger partial charge in [-0.3, -0.25) is 4.79 Å². The predicted molar refractivity (Wildman–Crippen MR) is 81.1 cm³/mol. The zero-order valence-corrected chi connectivity index (χ0v) is 12.1. The monoisotopic (exact) mass is 308 g/mol. The van der Waals surface area contributed by atoms with E-state index in [4.69, 9.17) is 22.1 Å². The van der Waals surface area contributed by atoms with Crippen LogP contribution in [0.3, 0.4) is 0 Å². The summed E-state index contributed by atoms with van der Waals surface area (Å²) in [4.78, 5) is 11.8. The van der Waals surface area contributed by atoms with E-state index in [0.29, 0.717) is 10.8 Å². The van der Waals surface area contributed by atoms with Crippen LogP contribution in [0.15, 0.2) is 36.4 Å². The molecule has 0 aliphatic heterocycles. The molecular weight excluding hydrogens is 295 g/mol. The fraction of sp³-hybridized carbons (Fsp3) is 0.133. The summed E-state index contributed by atoms with van der Waals surface area (Å²) in [5, 5.41) is 3.09. The van der Waals surface area contributed by atoms with Crippen molar-refractivity contribution in [1.82, 2.24) is 0 Å². The standard InChI is InChI=1S/C15H14ClFN2O2/c1-9-6-10(16)2-5-14(9)21-8-15(20)19-13-7-11(17)3-4-12(13)18/h2-7H,8,18H2,1H3,(H,19,20). The lowest BCUT2D eigenvalue weighted by molar-refractivity contribution is -0.118. The van der Waals surface area contributed by atoms with Crippen LogP contribution in [0.5, 0.6) is 5.75 Å². The molecule has 2 rings (SSSR count). The maximum Gasteiger partial charge on any atom is 0.262 e. The van der Waals surface area contributed by atoms with Gasteiger partial charge in [-0.05, 0) is 48.9 Å². The van der Waals surface area contributed by atoms with Gasteiger partial charge in [-0.2, -0.15) is 0 Å². The van der Waals surface area contributed by atoms with Crippen molar-refractivity contribution >= 4 is 28.9 Å². The van der Waals surface area contributed by atoms with E-state index in [0.717, 1.165) is 11.6 Å². The van der Waals surface area contributed by atoms with E-state index in [1.807, 2.05) is 6.92 Å². The zero-order chi connectivity index (χ0) is 15.4. The van der Waals surface area contributed by atoms with Gasteiger partial charge in [0.2, 0.25) is 0 Å². The Morgan fingerprint density at radius 3 is 2.81 bits per heavy atom. The molecule has 1 amide bonds. The molecule has 3 N–H and O–H groups in total. The summed E-state index contributed by atoms with van der Waals surface area (Å²) in [5.41, 5.74) is 6.97. The fourth-order valence-corrected chi connectivity index (χ4v) is 1.97. The number of nitrogens with one attached hydrogen (secondary N) is 1. The number of halogens is 2. The third-order valence-corrected chi connectivity index (χ3v) is 3.02. The number of carbonyl (C=O) groups is 1. The summed E-state index contributed by atoms with van der Waals surface area (Å²) in [6, 6.07) is 8.85. The Bertz CT molecular complexity index is 677. The lowest BCUT2D eigenvalue weighted by atomic mass is 10.2. The molecule has 2 aromatic carbocycles. The summed E-state index contributed by atoms with van der Waals surface area (Å²) in [5.74, 6) is -0.350. The van der Waals surface area contributed by atoms with Gasteiger partial charge in [0.1, 0.15) is 11.6 Å². The molecule has 2 aromatic rings. The smallest absolute Gasteiger partial charge is 0.262 e. The third-order valence-electron chi connectivity index (χ3n) is 2.79. The van der Waals surface area contributed by atoms with Gasteiger partial charge in [-0.15, -0.1) is 0 Å². The Labute approximate surface area is 126 Å². The number of hydrogen-bond acceptors (Lipinski definition) is 3. The second-order valence-corrected chi connectivity index (χ2v) is 4.91.